The minimum Gasteiger partial charge on any atom is -0.486 e. The molecule has 32 heavy (non-hydrogen) atoms. The smallest absolute Gasteiger partial charge is 0.251 e. The van der Waals surface area contributed by atoms with Gasteiger partial charge < -0.3 is 24.8 Å². The van der Waals surface area contributed by atoms with Gasteiger partial charge in [0.05, 0.1) is 18.7 Å². The van der Waals surface area contributed by atoms with Gasteiger partial charge in [-0.2, -0.15) is 5.10 Å². The summed E-state index contributed by atoms with van der Waals surface area (Å²) in [5.74, 6) is 1.22. The summed E-state index contributed by atoms with van der Waals surface area (Å²) in [6.07, 6.45) is -0.0599. The van der Waals surface area contributed by atoms with Crippen molar-refractivity contribution in [3.05, 3.63) is 54.2 Å². The zero-order chi connectivity index (χ0) is 22.1. The Hall–Kier alpha value is -3.85. The number of hydrogen-bond acceptors (Lipinski definition) is 6. The van der Waals surface area contributed by atoms with Crippen LogP contribution in [-0.2, 0) is 20.9 Å². The zero-order valence-corrected chi connectivity index (χ0v) is 17.5. The molecule has 2 N–H and O–H groups in total. The van der Waals surface area contributed by atoms with E-state index >= 15 is 0 Å². The van der Waals surface area contributed by atoms with Crippen LogP contribution < -0.4 is 20.1 Å². The average molecular weight is 434 g/mol. The van der Waals surface area contributed by atoms with Gasteiger partial charge in [-0.05, 0) is 17.7 Å². The van der Waals surface area contributed by atoms with Gasteiger partial charge in [-0.1, -0.05) is 30.3 Å². The van der Waals surface area contributed by atoms with E-state index in [9.17, 15) is 9.59 Å². The van der Waals surface area contributed by atoms with E-state index in [2.05, 4.69) is 15.7 Å². The summed E-state index contributed by atoms with van der Waals surface area (Å²) in [6, 6.07) is 14.1. The fourth-order valence-electron chi connectivity index (χ4n) is 3.97. The van der Waals surface area contributed by atoms with Crippen molar-refractivity contribution in [2.24, 2.45) is 0 Å². The molecule has 164 valence electrons. The Morgan fingerprint density at radius 1 is 1.19 bits per heavy atom. The lowest BCUT2D eigenvalue weighted by Gasteiger charge is -2.19. The normalized spacial score (nSPS) is 16.4. The number of nitrogens with one attached hydrogen (secondary N) is 2. The number of aromatic nitrogens is 2. The quantitative estimate of drug-likeness (QED) is 0.618. The second-order valence-corrected chi connectivity index (χ2v) is 7.53. The molecule has 2 aromatic carbocycles. The minimum atomic E-state index is -0.754. The number of carbonyl (C=O) groups is 2. The number of anilines is 2. The lowest BCUT2D eigenvalue weighted by molar-refractivity contribution is -0.123. The fourth-order valence-corrected chi connectivity index (χ4v) is 3.97. The van der Waals surface area contributed by atoms with Crippen LogP contribution in [0.4, 0.5) is 11.5 Å². The lowest BCUT2D eigenvalue weighted by Crippen LogP contribution is -2.24. The van der Waals surface area contributed by atoms with Gasteiger partial charge in [-0.25, -0.2) is 4.68 Å². The molecule has 9 heteroatoms. The van der Waals surface area contributed by atoms with Crippen molar-refractivity contribution in [3.63, 3.8) is 0 Å². The zero-order valence-electron chi connectivity index (χ0n) is 17.5. The highest BCUT2D eigenvalue weighted by atomic mass is 16.6. The molecule has 0 bridgehead atoms. The molecular weight excluding hydrogens is 412 g/mol. The maximum absolute atomic E-state index is 12.8. The van der Waals surface area contributed by atoms with E-state index in [1.807, 2.05) is 30.3 Å². The molecule has 0 spiro atoms. The SMILES string of the molecule is COCc1nn2c(c1-c1ccccc1)NC(=O)[C@@H]2CC(=O)Nc1ccc2c(c1)OCCO2. The van der Waals surface area contributed by atoms with E-state index in [-0.39, 0.29) is 24.8 Å². The van der Waals surface area contributed by atoms with Crippen molar-refractivity contribution in [3.8, 4) is 22.6 Å². The van der Waals surface area contributed by atoms with Crippen LogP contribution in [0.25, 0.3) is 11.1 Å². The predicted octanol–water partition coefficient (Wildman–Crippen LogP) is 2.99. The highest BCUT2D eigenvalue weighted by Gasteiger charge is 2.37. The number of amides is 2. The first-order chi connectivity index (χ1) is 15.6. The Morgan fingerprint density at radius 3 is 2.75 bits per heavy atom. The number of carbonyl (C=O) groups excluding carboxylic acids is 2. The van der Waals surface area contributed by atoms with E-state index in [1.54, 1.807) is 30.0 Å². The van der Waals surface area contributed by atoms with Gasteiger partial charge in [0.15, 0.2) is 11.5 Å². The number of hydrogen-bond donors (Lipinski definition) is 2. The molecule has 1 atom stereocenters. The largest absolute Gasteiger partial charge is 0.486 e. The molecule has 1 aromatic heterocycles. The molecule has 5 rings (SSSR count). The summed E-state index contributed by atoms with van der Waals surface area (Å²) < 4.78 is 17.9. The third kappa shape index (κ3) is 3.67. The molecule has 0 unspecified atom stereocenters. The summed E-state index contributed by atoms with van der Waals surface area (Å²) in [5, 5.41) is 10.3. The topological polar surface area (TPSA) is 104 Å². The summed E-state index contributed by atoms with van der Waals surface area (Å²) in [7, 11) is 1.59. The van der Waals surface area contributed by atoms with E-state index in [1.165, 1.54) is 0 Å². The maximum atomic E-state index is 12.8. The van der Waals surface area contributed by atoms with E-state index in [4.69, 9.17) is 14.2 Å². The van der Waals surface area contributed by atoms with E-state index < -0.39 is 6.04 Å². The van der Waals surface area contributed by atoms with Crippen LogP contribution >= 0.6 is 0 Å². The van der Waals surface area contributed by atoms with Crippen LogP contribution in [0.2, 0.25) is 0 Å². The van der Waals surface area contributed by atoms with Gasteiger partial charge in [0.25, 0.3) is 5.91 Å². The Labute approximate surface area is 184 Å². The Balaban J connectivity index is 1.38. The van der Waals surface area contributed by atoms with Gasteiger partial charge in [-0.15, -0.1) is 0 Å². The molecule has 9 nitrogen and oxygen atoms in total. The number of rotatable bonds is 6. The van der Waals surface area contributed by atoms with Crippen molar-refractivity contribution >= 4 is 23.3 Å². The average Bonchev–Trinajstić information content (AvgIpc) is 3.29. The van der Waals surface area contributed by atoms with Crippen molar-refractivity contribution in [1.29, 1.82) is 0 Å². The molecule has 3 heterocycles. The standard InChI is InChI=1S/C23H22N4O5/c1-30-13-16-21(14-5-3-2-4-6-14)22-25-23(29)17(27(22)26-16)12-20(28)24-15-7-8-18-19(11-15)32-10-9-31-18/h2-8,11,17H,9-10,12-13H2,1H3,(H,24,28)(H,25,29)/t17-/m0/s1. The van der Waals surface area contributed by atoms with Crippen LogP contribution in [0.5, 0.6) is 11.5 Å². The Morgan fingerprint density at radius 2 is 1.97 bits per heavy atom. The van der Waals surface area contributed by atoms with Gasteiger partial charge in [-0.3, -0.25) is 9.59 Å². The minimum absolute atomic E-state index is 0.0599. The molecular formula is C23H22N4O5. The maximum Gasteiger partial charge on any atom is 0.251 e. The summed E-state index contributed by atoms with van der Waals surface area (Å²) in [4.78, 5) is 25.5. The van der Waals surface area contributed by atoms with Crippen molar-refractivity contribution < 1.29 is 23.8 Å². The number of benzene rings is 2. The summed E-state index contributed by atoms with van der Waals surface area (Å²) >= 11 is 0. The molecule has 0 fully saturated rings. The van der Waals surface area contributed by atoms with Crippen LogP contribution in [-0.4, -0.2) is 41.9 Å². The molecule has 2 amide bonds. The third-order valence-corrected chi connectivity index (χ3v) is 5.37. The highest BCUT2D eigenvalue weighted by Crippen LogP contribution is 2.39. The Bertz CT molecular complexity index is 1170. The molecule has 2 aliphatic rings. The first kappa shape index (κ1) is 20.1. The molecule has 2 aliphatic heterocycles. The van der Waals surface area contributed by atoms with Crippen LogP contribution in [0.1, 0.15) is 18.2 Å². The number of methoxy groups -OCH3 is 1. The second-order valence-electron chi connectivity index (χ2n) is 7.53. The third-order valence-electron chi connectivity index (χ3n) is 5.37. The van der Waals surface area contributed by atoms with Gasteiger partial charge in [0, 0.05) is 24.4 Å². The molecule has 0 saturated heterocycles. The van der Waals surface area contributed by atoms with Gasteiger partial charge in [0.2, 0.25) is 5.91 Å². The van der Waals surface area contributed by atoms with Crippen LogP contribution in [0.3, 0.4) is 0 Å². The lowest BCUT2D eigenvalue weighted by atomic mass is 10.1. The second kappa shape index (κ2) is 8.35. The molecule has 0 radical (unpaired) electrons. The van der Waals surface area contributed by atoms with Crippen LogP contribution in [0.15, 0.2) is 48.5 Å². The van der Waals surface area contributed by atoms with E-state index in [0.717, 1.165) is 11.1 Å². The highest BCUT2D eigenvalue weighted by molar-refractivity contribution is 6.04. The first-order valence-electron chi connectivity index (χ1n) is 10.3. The van der Waals surface area contributed by atoms with Gasteiger partial charge in [0.1, 0.15) is 25.1 Å². The monoisotopic (exact) mass is 434 g/mol. The van der Waals surface area contributed by atoms with Crippen molar-refractivity contribution in [2.45, 2.75) is 19.1 Å². The number of nitrogens with zero attached hydrogens (tertiary/aromatic N) is 2. The molecule has 3 aromatic rings. The van der Waals surface area contributed by atoms with Crippen molar-refractivity contribution in [2.75, 3.05) is 31.0 Å². The van der Waals surface area contributed by atoms with Crippen LogP contribution in [0, 0.1) is 0 Å². The summed E-state index contributed by atoms with van der Waals surface area (Å²) in [5.41, 5.74) is 2.99. The van der Waals surface area contributed by atoms with Gasteiger partial charge >= 0.3 is 0 Å². The number of ether oxygens (including phenoxy) is 3. The summed E-state index contributed by atoms with van der Waals surface area (Å²) in [6.45, 7) is 1.25. The van der Waals surface area contributed by atoms with E-state index in [0.29, 0.717) is 41.9 Å². The van der Waals surface area contributed by atoms with Crippen molar-refractivity contribution in [1.82, 2.24) is 9.78 Å². The fraction of sp³-hybridized carbons (Fsp3) is 0.261. The molecule has 0 aliphatic carbocycles. The predicted molar refractivity (Wildman–Crippen MR) is 117 cm³/mol. The molecule has 0 saturated carbocycles. The number of fused-ring (bicyclic) bond motifs is 2. The Kier molecular flexibility index (Phi) is 5.24. The first-order valence-corrected chi connectivity index (χ1v) is 10.3.